The number of carbonyl (C=O) groups excluding carboxylic acids is 1. The van der Waals surface area contributed by atoms with Crippen molar-refractivity contribution in [3.8, 4) is 0 Å². The van der Waals surface area contributed by atoms with Crippen LogP contribution in [0.25, 0.3) is 0 Å². The third-order valence-corrected chi connectivity index (χ3v) is 6.42. The maximum Gasteiger partial charge on any atom is 0.230 e. The lowest BCUT2D eigenvalue weighted by atomic mass is 9.98. The standard InChI is InChI=1S/C24H30ClN3O/c1-18-5-2-3-12-28(18)15-20-6-4-7-23(13-20)26-24(29)21-16-27(17-21)14-19-8-10-22(25)11-9-19/h4,6-11,13,18,21H,2-3,5,12,14-17H2,1H3,(H,26,29). The third kappa shape index (κ3) is 5.39. The van der Waals surface area contributed by atoms with E-state index in [0.29, 0.717) is 6.04 Å². The number of anilines is 1. The SMILES string of the molecule is CC1CCCCN1Cc1cccc(NC(=O)C2CN(Cc3ccc(Cl)cc3)C2)c1. The van der Waals surface area contributed by atoms with Crippen molar-refractivity contribution >= 4 is 23.2 Å². The van der Waals surface area contributed by atoms with Crippen LogP contribution in [0.1, 0.15) is 37.3 Å². The molecule has 4 nitrogen and oxygen atoms in total. The summed E-state index contributed by atoms with van der Waals surface area (Å²) in [7, 11) is 0. The molecule has 0 spiro atoms. The minimum atomic E-state index is 0.0630. The molecule has 2 saturated heterocycles. The van der Waals surface area contributed by atoms with Gasteiger partial charge in [-0.25, -0.2) is 0 Å². The quantitative estimate of drug-likeness (QED) is 0.742. The lowest BCUT2D eigenvalue weighted by Gasteiger charge is -2.38. The number of benzene rings is 2. The average Bonchev–Trinajstić information content (AvgIpc) is 2.68. The highest BCUT2D eigenvalue weighted by Crippen LogP contribution is 2.23. The molecule has 2 heterocycles. The van der Waals surface area contributed by atoms with Crippen molar-refractivity contribution in [1.82, 2.24) is 9.80 Å². The maximum absolute atomic E-state index is 12.6. The molecule has 0 saturated carbocycles. The molecular weight excluding hydrogens is 382 g/mol. The van der Waals surface area contributed by atoms with E-state index in [2.05, 4.69) is 34.2 Å². The molecule has 2 fully saturated rings. The Morgan fingerprint density at radius 1 is 1.07 bits per heavy atom. The van der Waals surface area contributed by atoms with Gasteiger partial charge in [-0.15, -0.1) is 0 Å². The van der Waals surface area contributed by atoms with Crippen LogP contribution in [0.5, 0.6) is 0 Å². The van der Waals surface area contributed by atoms with Gasteiger partial charge in [0.2, 0.25) is 5.91 Å². The summed E-state index contributed by atoms with van der Waals surface area (Å²) in [4.78, 5) is 17.5. The zero-order valence-corrected chi connectivity index (χ0v) is 17.9. The van der Waals surface area contributed by atoms with Crippen LogP contribution < -0.4 is 5.32 Å². The van der Waals surface area contributed by atoms with Gasteiger partial charge in [-0.1, -0.05) is 42.3 Å². The van der Waals surface area contributed by atoms with Crippen molar-refractivity contribution in [2.24, 2.45) is 5.92 Å². The van der Waals surface area contributed by atoms with E-state index in [1.807, 2.05) is 36.4 Å². The van der Waals surface area contributed by atoms with Crippen LogP contribution in [-0.2, 0) is 17.9 Å². The first-order chi connectivity index (χ1) is 14.1. The summed E-state index contributed by atoms with van der Waals surface area (Å²) in [6.45, 7) is 6.92. The number of hydrogen-bond acceptors (Lipinski definition) is 3. The molecule has 154 valence electrons. The second-order valence-corrected chi connectivity index (χ2v) is 8.96. The molecule has 2 aromatic rings. The Morgan fingerprint density at radius 3 is 2.62 bits per heavy atom. The molecule has 1 atom stereocenters. The molecule has 4 rings (SSSR count). The summed E-state index contributed by atoms with van der Waals surface area (Å²) in [5.74, 6) is 0.189. The zero-order chi connectivity index (χ0) is 20.2. The zero-order valence-electron chi connectivity index (χ0n) is 17.1. The van der Waals surface area contributed by atoms with Crippen molar-refractivity contribution in [3.05, 3.63) is 64.7 Å². The number of carbonyl (C=O) groups is 1. The Kier molecular flexibility index (Phi) is 6.53. The lowest BCUT2D eigenvalue weighted by Crippen LogP contribution is -2.51. The molecule has 2 aliphatic heterocycles. The van der Waals surface area contributed by atoms with E-state index in [1.54, 1.807) is 0 Å². The van der Waals surface area contributed by atoms with Crippen LogP contribution in [0, 0.1) is 5.92 Å². The van der Waals surface area contributed by atoms with Gasteiger partial charge in [-0.3, -0.25) is 14.6 Å². The van der Waals surface area contributed by atoms with Crippen molar-refractivity contribution in [1.29, 1.82) is 0 Å². The first-order valence-electron chi connectivity index (χ1n) is 10.7. The number of piperidine rings is 1. The molecule has 29 heavy (non-hydrogen) atoms. The number of hydrogen-bond donors (Lipinski definition) is 1. The first-order valence-corrected chi connectivity index (χ1v) is 11.1. The molecule has 1 N–H and O–H groups in total. The molecule has 0 aromatic heterocycles. The number of rotatable bonds is 6. The fourth-order valence-electron chi connectivity index (χ4n) is 4.33. The highest BCUT2D eigenvalue weighted by atomic mass is 35.5. The van der Waals surface area contributed by atoms with Crippen LogP contribution >= 0.6 is 11.6 Å². The average molecular weight is 412 g/mol. The van der Waals surface area contributed by atoms with E-state index < -0.39 is 0 Å². The van der Waals surface area contributed by atoms with Crippen LogP contribution in [0.2, 0.25) is 5.02 Å². The lowest BCUT2D eigenvalue weighted by molar-refractivity contribution is -0.125. The minimum absolute atomic E-state index is 0.0630. The second kappa shape index (κ2) is 9.29. The Morgan fingerprint density at radius 2 is 1.86 bits per heavy atom. The molecule has 0 aliphatic carbocycles. The predicted octanol–water partition coefficient (Wildman–Crippen LogP) is 4.78. The summed E-state index contributed by atoms with van der Waals surface area (Å²) < 4.78 is 0. The summed E-state index contributed by atoms with van der Waals surface area (Å²) in [5, 5.41) is 3.88. The van der Waals surface area contributed by atoms with Crippen molar-refractivity contribution in [2.75, 3.05) is 25.0 Å². The number of amides is 1. The normalized spacial score (nSPS) is 21.0. The van der Waals surface area contributed by atoms with Crippen LogP contribution in [0.3, 0.4) is 0 Å². The Balaban J connectivity index is 1.26. The van der Waals surface area contributed by atoms with E-state index in [1.165, 1.54) is 36.9 Å². The molecule has 5 heteroatoms. The van der Waals surface area contributed by atoms with E-state index in [9.17, 15) is 4.79 Å². The van der Waals surface area contributed by atoms with Gasteiger partial charge in [0.15, 0.2) is 0 Å². The van der Waals surface area contributed by atoms with Gasteiger partial charge < -0.3 is 5.32 Å². The van der Waals surface area contributed by atoms with Gasteiger partial charge in [0, 0.05) is 42.9 Å². The number of halogens is 1. The van der Waals surface area contributed by atoms with E-state index in [0.717, 1.165) is 36.9 Å². The van der Waals surface area contributed by atoms with E-state index in [-0.39, 0.29) is 11.8 Å². The molecule has 1 amide bonds. The predicted molar refractivity (Wildman–Crippen MR) is 119 cm³/mol. The highest BCUT2D eigenvalue weighted by Gasteiger charge is 2.32. The van der Waals surface area contributed by atoms with E-state index >= 15 is 0 Å². The summed E-state index contributed by atoms with van der Waals surface area (Å²) >= 11 is 5.94. The smallest absolute Gasteiger partial charge is 0.230 e. The van der Waals surface area contributed by atoms with Crippen molar-refractivity contribution < 1.29 is 4.79 Å². The van der Waals surface area contributed by atoms with E-state index in [4.69, 9.17) is 11.6 Å². The molecule has 0 radical (unpaired) electrons. The Labute approximate surface area is 178 Å². The van der Waals surface area contributed by atoms with Gasteiger partial charge >= 0.3 is 0 Å². The van der Waals surface area contributed by atoms with Crippen molar-refractivity contribution in [2.45, 2.75) is 45.3 Å². The van der Waals surface area contributed by atoms with Crippen molar-refractivity contribution in [3.63, 3.8) is 0 Å². The maximum atomic E-state index is 12.6. The van der Waals surface area contributed by atoms with Gasteiger partial charge in [0.25, 0.3) is 0 Å². The fourth-order valence-corrected chi connectivity index (χ4v) is 4.46. The highest BCUT2D eigenvalue weighted by molar-refractivity contribution is 6.30. The minimum Gasteiger partial charge on any atom is -0.326 e. The monoisotopic (exact) mass is 411 g/mol. The number of likely N-dealkylation sites (tertiary alicyclic amines) is 2. The number of nitrogens with one attached hydrogen (secondary N) is 1. The van der Waals surface area contributed by atoms with Crippen LogP contribution in [-0.4, -0.2) is 41.4 Å². The van der Waals surface area contributed by atoms with Gasteiger partial charge in [0.05, 0.1) is 5.92 Å². The second-order valence-electron chi connectivity index (χ2n) is 8.52. The topological polar surface area (TPSA) is 35.6 Å². The number of nitrogens with zero attached hydrogens (tertiary/aromatic N) is 2. The third-order valence-electron chi connectivity index (χ3n) is 6.17. The Hall–Kier alpha value is -1.88. The first kappa shape index (κ1) is 20.4. The fraction of sp³-hybridized carbons (Fsp3) is 0.458. The summed E-state index contributed by atoms with van der Waals surface area (Å²) in [5.41, 5.74) is 3.41. The van der Waals surface area contributed by atoms with Crippen LogP contribution in [0.4, 0.5) is 5.69 Å². The molecule has 2 aromatic carbocycles. The summed E-state index contributed by atoms with van der Waals surface area (Å²) in [6, 6.07) is 16.9. The molecular formula is C24H30ClN3O. The van der Waals surface area contributed by atoms with Gasteiger partial charge in [-0.05, 0) is 61.7 Å². The van der Waals surface area contributed by atoms with Crippen LogP contribution in [0.15, 0.2) is 48.5 Å². The van der Waals surface area contributed by atoms with Gasteiger partial charge in [0.1, 0.15) is 0 Å². The molecule has 1 unspecified atom stereocenters. The molecule has 2 aliphatic rings. The molecule has 0 bridgehead atoms. The van der Waals surface area contributed by atoms with Gasteiger partial charge in [-0.2, -0.15) is 0 Å². The summed E-state index contributed by atoms with van der Waals surface area (Å²) in [6.07, 6.45) is 3.91. The largest absolute Gasteiger partial charge is 0.326 e. The Bertz CT molecular complexity index is 832.